The summed E-state index contributed by atoms with van der Waals surface area (Å²) in [6, 6.07) is 3.06. The average Bonchev–Trinajstić information content (AvgIpc) is 3.92. The van der Waals surface area contributed by atoms with Crippen molar-refractivity contribution in [3.05, 3.63) is 59.7 Å². The van der Waals surface area contributed by atoms with E-state index in [0.29, 0.717) is 43.3 Å². The van der Waals surface area contributed by atoms with E-state index < -0.39 is 11.2 Å². The first kappa shape index (κ1) is 47.7. The van der Waals surface area contributed by atoms with Gasteiger partial charge in [-0.3, -0.25) is 9.97 Å². The Kier molecular flexibility index (Phi) is 17.9. The lowest BCUT2D eigenvalue weighted by Gasteiger charge is -2.24. The summed E-state index contributed by atoms with van der Waals surface area (Å²) in [5, 5.41) is 12.4. The van der Waals surface area contributed by atoms with Gasteiger partial charge in [-0.1, -0.05) is 15.9 Å². The van der Waals surface area contributed by atoms with E-state index in [2.05, 4.69) is 31.2 Å². The average molecular weight is 870 g/mol. The van der Waals surface area contributed by atoms with Gasteiger partial charge in [0.05, 0.1) is 18.5 Å². The van der Waals surface area contributed by atoms with Gasteiger partial charge < -0.3 is 39.3 Å². The number of hydrogen-bond donors (Lipinski definition) is 2. The minimum absolute atomic E-state index is 0.135. The summed E-state index contributed by atoms with van der Waals surface area (Å²) in [7, 11) is 0. The van der Waals surface area contributed by atoms with Gasteiger partial charge in [0.15, 0.2) is 0 Å². The van der Waals surface area contributed by atoms with E-state index in [1.807, 2.05) is 62.3 Å². The van der Waals surface area contributed by atoms with Crippen molar-refractivity contribution in [3.8, 4) is 0 Å². The molecule has 6 rings (SSSR count). The molecule has 0 spiro atoms. The van der Waals surface area contributed by atoms with Crippen LogP contribution in [0.2, 0.25) is 0 Å². The van der Waals surface area contributed by atoms with Gasteiger partial charge >= 0.3 is 18.3 Å². The van der Waals surface area contributed by atoms with Crippen molar-refractivity contribution in [1.29, 1.82) is 0 Å². The molecule has 2 aromatic heterocycles. The van der Waals surface area contributed by atoms with Gasteiger partial charge in [-0.25, -0.2) is 23.2 Å². The molecule has 320 valence electrons. The number of pyridine rings is 2. The fraction of sp³-hybridized carbons (Fsp3) is 0.683. The molecular formula is C41H63BrF2N6O7. The second-order valence-corrected chi connectivity index (χ2v) is 19.0. The van der Waals surface area contributed by atoms with Crippen molar-refractivity contribution in [1.82, 2.24) is 30.0 Å². The number of aromatic nitrogens is 2. The summed E-state index contributed by atoms with van der Waals surface area (Å²) < 4.78 is 41.6. The standard InChI is InChI=1S/C14H19FN2O2.C9H16BrNO2.C9H11FN2.C9H17NO3/c1-14(2,3)19-13(18)17-5-4-10(9-17)11-6-12(15)8-16-7-11;1-9(2,3)13-8(12)11-5-4-7(10)6-11;10-9-3-8(5-12-6-9)7-1-2-11-4-7;1-9(2,3)13-8(12)10-5-4-7(11)6-10/h6-8,10H,4-5,9H2,1-3H3;7H,4-6H2,1-3H3;3,5-7,11H,1-2,4H2;7,11H,4-6H2,1-3H3. The first-order chi connectivity index (χ1) is 26.5. The molecule has 4 fully saturated rings. The maximum Gasteiger partial charge on any atom is 0.410 e. The second-order valence-electron chi connectivity index (χ2n) is 17.7. The topological polar surface area (TPSA) is 147 Å². The molecule has 4 unspecified atom stereocenters. The van der Waals surface area contributed by atoms with Crippen LogP contribution < -0.4 is 5.32 Å². The van der Waals surface area contributed by atoms with E-state index in [1.54, 1.807) is 28.3 Å². The molecular weight excluding hydrogens is 806 g/mol. The predicted octanol–water partition coefficient (Wildman–Crippen LogP) is 7.62. The van der Waals surface area contributed by atoms with Gasteiger partial charge in [-0.15, -0.1) is 0 Å². The van der Waals surface area contributed by atoms with E-state index in [1.165, 1.54) is 23.4 Å². The third-order valence-corrected chi connectivity index (χ3v) is 9.64. The maximum atomic E-state index is 13.1. The van der Waals surface area contributed by atoms with Crippen molar-refractivity contribution < 1.29 is 42.5 Å². The molecule has 2 N–H and O–H groups in total. The fourth-order valence-electron chi connectivity index (χ4n) is 6.21. The van der Waals surface area contributed by atoms with Crippen LogP contribution >= 0.6 is 15.9 Å². The molecule has 13 nitrogen and oxygen atoms in total. The number of β-amino-alcohol motifs (C(OH)–C–C–N with tert-alkyl or cyclic N) is 1. The van der Waals surface area contributed by atoms with Gasteiger partial charge in [0.25, 0.3) is 0 Å². The molecule has 0 aromatic carbocycles. The minimum Gasteiger partial charge on any atom is -0.444 e. The number of carbonyl (C=O) groups excluding carboxylic acids is 3. The smallest absolute Gasteiger partial charge is 0.410 e. The lowest BCUT2D eigenvalue weighted by Crippen LogP contribution is -2.35. The Bertz CT molecular complexity index is 1550. The molecule has 16 heteroatoms. The van der Waals surface area contributed by atoms with E-state index in [9.17, 15) is 28.3 Å². The zero-order chi connectivity index (χ0) is 42.6. The van der Waals surface area contributed by atoms with Crippen LogP contribution in [-0.2, 0) is 14.2 Å². The number of ether oxygens (including phenoxy) is 3. The number of nitrogens with zero attached hydrogens (tertiary/aromatic N) is 5. The number of aliphatic hydroxyl groups is 1. The van der Waals surface area contributed by atoms with Crippen molar-refractivity contribution in [2.45, 2.75) is 128 Å². The van der Waals surface area contributed by atoms with E-state index in [4.69, 9.17) is 14.2 Å². The molecule has 4 saturated heterocycles. The first-order valence-corrected chi connectivity index (χ1v) is 20.6. The van der Waals surface area contributed by atoms with Gasteiger partial charge in [0, 0.05) is 69.0 Å². The number of carbonyl (C=O) groups is 3. The molecule has 57 heavy (non-hydrogen) atoms. The van der Waals surface area contributed by atoms with Crippen LogP contribution in [0.3, 0.4) is 0 Å². The highest BCUT2D eigenvalue weighted by Crippen LogP contribution is 2.28. The lowest BCUT2D eigenvalue weighted by molar-refractivity contribution is 0.0265. The molecule has 4 aliphatic rings. The monoisotopic (exact) mass is 868 g/mol. The quantitative estimate of drug-likeness (QED) is 0.228. The molecule has 0 aliphatic carbocycles. The second kappa shape index (κ2) is 21.4. The van der Waals surface area contributed by atoms with Gasteiger partial charge in [-0.05, 0) is 124 Å². The van der Waals surface area contributed by atoms with Gasteiger partial charge in [0.2, 0.25) is 0 Å². The Balaban J connectivity index is 0.000000207. The van der Waals surface area contributed by atoms with Crippen molar-refractivity contribution in [2.75, 3.05) is 52.4 Å². The van der Waals surface area contributed by atoms with Crippen molar-refractivity contribution in [3.63, 3.8) is 0 Å². The van der Waals surface area contributed by atoms with E-state index in [0.717, 1.165) is 56.6 Å². The van der Waals surface area contributed by atoms with Gasteiger partial charge in [-0.2, -0.15) is 0 Å². The Morgan fingerprint density at radius 1 is 0.667 bits per heavy atom. The van der Waals surface area contributed by atoms with Crippen LogP contribution in [0.5, 0.6) is 0 Å². The highest BCUT2D eigenvalue weighted by atomic mass is 79.9. The molecule has 0 radical (unpaired) electrons. The number of halogens is 3. The lowest BCUT2D eigenvalue weighted by atomic mass is 10.0. The summed E-state index contributed by atoms with van der Waals surface area (Å²) >= 11 is 3.48. The van der Waals surface area contributed by atoms with Crippen molar-refractivity contribution >= 4 is 34.2 Å². The summed E-state index contributed by atoms with van der Waals surface area (Å²) in [6.07, 6.45) is 8.18. The zero-order valence-electron chi connectivity index (χ0n) is 35.0. The highest BCUT2D eigenvalue weighted by molar-refractivity contribution is 9.09. The van der Waals surface area contributed by atoms with Crippen LogP contribution in [0.25, 0.3) is 0 Å². The summed E-state index contributed by atoms with van der Waals surface area (Å²) in [5.41, 5.74) is 0.521. The molecule has 0 bridgehead atoms. The summed E-state index contributed by atoms with van der Waals surface area (Å²) in [4.78, 5) is 47.9. The molecule has 4 aliphatic heterocycles. The van der Waals surface area contributed by atoms with Crippen molar-refractivity contribution in [2.24, 2.45) is 0 Å². The number of amides is 3. The molecule has 0 saturated carbocycles. The Morgan fingerprint density at radius 2 is 1.11 bits per heavy atom. The third-order valence-electron chi connectivity index (χ3n) is 8.89. The molecule has 3 amide bonds. The van der Waals surface area contributed by atoms with Crippen LogP contribution in [0.1, 0.15) is 111 Å². The Labute approximate surface area is 345 Å². The number of alkyl halides is 1. The predicted molar refractivity (Wildman–Crippen MR) is 217 cm³/mol. The molecule has 6 heterocycles. The Hall–Kier alpha value is -3.63. The number of hydrogen-bond acceptors (Lipinski definition) is 10. The third kappa shape index (κ3) is 18.2. The maximum absolute atomic E-state index is 13.1. The largest absolute Gasteiger partial charge is 0.444 e. The van der Waals surface area contributed by atoms with E-state index >= 15 is 0 Å². The van der Waals surface area contributed by atoms with Crippen LogP contribution in [0.4, 0.5) is 23.2 Å². The Morgan fingerprint density at radius 3 is 1.49 bits per heavy atom. The fourth-order valence-corrected chi connectivity index (χ4v) is 6.77. The normalized spacial score (nSPS) is 22.0. The van der Waals surface area contributed by atoms with E-state index in [-0.39, 0.29) is 47.5 Å². The summed E-state index contributed by atoms with van der Waals surface area (Å²) in [5.74, 6) is 0.0107. The SMILES string of the molecule is CC(C)(C)OC(=O)N1CCC(Br)C1.CC(C)(C)OC(=O)N1CCC(O)C1.CC(C)(C)OC(=O)N1CCC(c2cncc(F)c2)C1.Fc1cncc(C2CCNC2)c1. The van der Waals surface area contributed by atoms with Crippen LogP contribution in [-0.4, -0.2) is 128 Å². The van der Waals surface area contributed by atoms with Crippen LogP contribution in [0.15, 0.2) is 36.9 Å². The number of rotatable bonds is 2. The zero-order valence-corrected chi connectivity index (χ0v) is 36.6. The molecule has 2 aromatic rings. The first-order valence-electron chi connectivity index (χ1n) is 19.7. The highest BCUT2D eigenvalue weighted by Gasteiger charge is 2.32. The number of aliphatic hydroxyl groups excluding tert-OH is 1. The van der Waals surface area contributed by atoms with Crippen LogP contribution in [0, 0.1) is 11.6 Å². The number of nitrogens with one attached hydrogen (secondary N) is 1. The summed E-state index contributed by atoms with van der Waals surface area (Å²) in [6.45, 7) is 22.4. The number of likely N-dealkylation sites (tertiary alicyclic amines) is 3. The molecule has 4 atom stereocenters. The van der Waals surface area contributed by atoms with Gasteiger partial charge in [0.1, 0.15) is 28.4 Å². The minimum atomic E-state index is -0.490.